The maximum absolute atomic E-state index is 5.78. The fraction of sp³-hybridized carbons (Fsp3) is 0. The van der Waals surface area contributed by atoms with Gasteiger partial charge in [-0.05, 0) is 35.4 Å². The fourth-order valence-electron chi connectivity index (χ4n) is 1.93. The Hall–Kier alpha value is -2.54. The van der Waals surface area contributed by atoms with Crippen LogP contribution in [0.1, 0.15) is 0 Å². The molecule has 0 aliphatic rings. The fourth-order valence-corrected chi connectivity index (χ4v) is 1.93. The van der Waals surface area contributed by atoms with Crippen molar-refractivity contribution in [3.05, 3.63) is 84.9 Å². The highest BCUT2D eigenvalue weighted by atomic mass is 16.5. The van der Waals surface area contributed by atoms with Gasteiger partial charge >= 0.3 is 0 Å². The monoisotopic (exact) mass is 245 g/mol. The van der Waals surface area contributed by atoms with E-state index in [9.17, 15) is 0 Å². The van der Waals surface area contributed by atoms with E-state index in [0.717, 1.165) is 17.1 Å². The second-order valence-corrected chi connectivity index (χ2v) is 4.22. The smallest absolute Gasteiger partial charge is 0.136 e. The molecule has 1 nitrogen and oxygen atoms in total. The Morgan fingerprint density at radius 2 is 1.37 bits per heavy atom. The van der Waals surface area contributed by atoms with E-state index < -0.39 is 0 Å². The molecule has 0 aliphatic heterocycles. The molecule has 0 aromatic heterocycles. The highest BCUT2D eigenvalue weighted by molar-refractivity contribution is 5.64. The largest absolute Gasteiger partial charge is 0.457 e. The summed E-state index contributed by atoms with van der Waals surface area (Å²) in [6.07, 6.45) is 0. The molecule has 3 rings (SSSR count). The zero-order chi connectivity index (χ0) is 12.9. The van der Waals surface area contributed by atoms with Gasteiger partial charge in [-0.2, -0.15) is 0 Å². The SMILES string of the molecule is [c]1ccc(-c2ccccc2)cc1Oc1ccccc1. The van der Waals surface area contributed by atoms with Gasteiger partial charge in [0, 0.05) is 6.07 Å². The van der Waals surface area contributed by atoms with Gasteiger partial charge in [0.25, 0.3) is 0 Å². The van der Waals surface area contributed by atoms with Crippen LogP contribution in [0.4, 0.5) is 0 Å². The zero-order valence-electron chi connectivity index (χ0n) is 10.4. The second-order valence-electron chi connectivity index (χ2n) is 4.22. The first-order chi connectivity index (χ1) is 9.42. The maximum atomic E-state index is 5.78. The molecule has 3 aromatic carbocycles. The molecule has 0 saturated carbocycles. The van der Waals surface area contributed by atoms with Crippen LogP contribution in [0.5, 0.6) is 11.5 Å². The summed E-state index contributed by atoms with van der Waals surface area (Å²) in [5.41, 5.74) is 2.31. The molecular weight excluding hydrogens is 232 g/mol. The Bertz CT molecular complexity index is 645. The van der Waals surface area contributed by atoms with E-state index >= 15 is 0 Å². The number of hydrogen-bond donors (Lipinski definition) is 0. The third-order valence-electron chi connectivity index (χ3n) is 2.85. The Kier molecular flexibility index (Phi) is 3.28. The van der Waals surface area contributed by atoms with E-state index in [1.165, 1.54) is 5.56 Å². The molecular formula is C18H13O. The van der Waals surface area contributed by atoms with Crippen LogP contribution in [0.25, 0.3) is 11.1 Å². The van der Waals surface area contributed by atoms with Gasteiger partial charge in [-0.3, -0.25) is 0 Å². The molecule has 0 saturated heterocycles. The summed E-state index contributed by atoms with van der Waals surface area (Å²) in [6, 6.07) is 29.0. The van der Waals surface area contributed by atoms with Crippen molar-refractivity contribution in [3.63, 3.8) is 0 Å². The quantitative estimate of drug-likeness (QED) is 0.634. The summed E-state index contributed by atoms with van der Waals surface area (Å²) >= 11 is 0. The molecule has 0 unspecified atom stereocenters. The first-order valence-electron chi connectivity index (χ1n) is 6.22. The van der Waals surface area contributed by atoms with Crippen molar-refractivity contribution in [1.29, 1.82) is 0 Å². The molecule has 0 bridgehead atoms. The molecule has 0 fully saturated rings. The van der Waals surface area contributed by atoms with Crippen LogP contribution in [0.2, 0.25) is 0 Å². The Balaban J connectivity index is 1.89. The Labute approximate surface area is 113 Å². The minimum atomic E-state index is 0.729. The summed E-state index contributed by atoms with van der Waals surface area (Å²) in [6.45, 7) is 0. The van der Waals surface area contributed by atoms with E-state index in [1.807, 2.05) is 66.7 Å². The van der Waals surface area contributed by atoms with Crippen molar-refractivity contribution in [2.24, 2.45) is 0 Å². The minimum Gasteiger partial charge on any atom is -0.457 e. The summed E-state index contributed by atoms with van der Waals surface area (Å²) in [7, 11) is 0. The van der Waals surface area contributed by atoms with Gasteiger partial charge in [-0.15, -0.1) is 0 Å². The third kappa shape index (κ3) is 2.83. The number of hydrogen-bond acceptors (Lipinski definition) is 1. The molecule has 19 heavy (non-hydrogen) atoms. The normalized spacial score (nSPS) is 10.1. The zero-order valence-corrected chi connectivity index (χ0v) is 10.4. The molecule has 0 atom stereocenters. The first-order valence-corrected chi connectivity index (χ1v) is 6.22. The highest BCUT2D eigenvalue weighted by Crippen LogP contribution is 2.26. The lowest BCUT2D eigenvalue weighted by molar-refractivity contribution is 0.482. The summed E-state index contributed by atoms with van der Waals surface area (Å²) in [5, 5.41) is 0. The second kappa shape index (κ2) is 5.40. The Morgan fingerprint density at radius 3 is 2.11 bits per heavy atom. The van der Waals surface area contributed by atoms with Crippen molar-refractivity contribution in [3.8, 4) is 22.6 Å². The summed E-state index contributed by atoms with van der Waals surface area (Å²) in [4.78, 5) is 0. The minimum absolute atomic E-state index is 0.729. The average molecular weight is 245 g/mol. The van der Waals surface area contributed by atoms with Gasteiger partial charge in [-0.25, -0.2) is 0 Å². The number of benzene rings is 3. The molecule has 91 valence electrons. The molecule has 3 aromatic rings. The van der Waals surface area contributed by atoms with Crippen LogP contribution in [0.15, 0.2) is 78.9 Å². The topological polar surface area (TPSA) is 9.23 Å². The predicted molar refractivity (Wildman–Crippen MR) is 77.2 cm³/mol. The predicted octanol–water partition coefficient (Wildman–Crippen LogP) is 4.95. The maximum Gasteiger partial charge on any atom is 0.136 e. The van der Waals surface area contributed by atoms with Gasteiger partial charge in [0.15, 0.2) is 0 Å². The van der Waals surface area contributed by atoms with Gasteiger partial charge in [0.2, 0.25) is 0 Å². The Morgan fingerprint density at radius 1 is 0.684 bits per heavy atom. The van der Waals surface area contributed by atoms with Crippen LogP contribution < -0.4 is 4.74 Å². The van der Waals surface area contributed by atoms with Crippen molar-refractivity contribution >= 4 is 0 Å². The van der Waals surface area contributed by atoms with Crippen LogP contribution in [0.3, 0.4) is 0 Å². The van der Waals surface area contributed by atoms with E-state index in [1.54, 1.807) is 0 Å². The lowest BCUT2D eigenvalue weighted by Crippen LogP contribution is -1.85. The van der Waals surface area contributed by atoms with Crippen LogP contribution in [-0.2, 0) is 0 Å². The lowest BCUT2D eigenvalue weighted by atomic mass is 10.1. The highest BCUT2D eigenvalue weighted by Gasteiger charge is 2.00. The van der Waals surface area contributed by atoms with E-state index in [2.05, 4.69) is 18.2 Å². The third-order valence-corrected chi connectivity index (χ3v) is 2.85. The molecule has 0 N–H and O–H groups in total. The van der Waals surface area contributed by atoms with Gasteiger partial charge in [-0.1, -0.05) is 54.6 Å². The molecule has 0 heterocycles. The van der Waals surface area contributed by atoms with Gasteiger partial charge in [0.05, 0.1) is 0 Å². The van der Waals surface area contributed by atoms with Gasteiger partial charge < -0.3 is 4.74 Å². The summed E-state index contributed by atoms with van der Waals surface area (Å²) < 4.78 is 5.78. The molecule has 1 heteroatoms. The standard InChI is InChI=1S/C18H13O/c1-3-8-15(9-4-1)16-10-7-13-18(14-16)19-17-11-5-2-6-12-17/h1-12,14H. The van der Waals surface area contributed by atoms with Crippen molar-refractivity contribution in [2.75, 3.05) is 0 Å². The van der Waals surface area contributed by atoms with E-state index in [0.29, 0.717) is 0 Å². The van der Waals surface area contributed by atoms with Gasteiger partial charge in [0.1, 0.15) is 11.5 Å². The first kappa shape index (κ1) is 11.5. The molecule has 0 amide bonds. The van der Waals surface area contributed by atoms with Crippen LogP contribution in [-0.4, -0.2) is 0 Å². The van der Waals surface area contributed by atoms with Crippen molar-refractivity contribution in [2.45, 2.75) is 0 Å². The number of rotatable bonds is 3. The van der Waals surface area contributed by atoms with Crippen LogP contribution in [0, 0.1) is 6.07 Å². The van der Waals surface area contributed by atoms with E-state index in [-0.39, 0.29) is 0 Å². The lowest BCUT2D eigenvalue weighted by Gasteiger charge is -2.07. The molecule has 1 radical (unpaired) electrons. The summed E-state index contributed by atoms with van der Waals surface area (Å²) in [5.74, 6) is 1.55. The van der Waals surface area contributed by atoms with Crippen molar-refractivity contribution in [1.82, 2.24) is 0 Å². The van der Waals surface area contributed by atoms with Crippen LogP contribution >= 0.6 is 0 Å². The van der Waals surface area contributed by atoms with Crippen molar-refractivity contribution < 1.29 is 4.74 Å². The number of para-hydroxylation sites is 1. The number of ether oxygens (including phenoxy) is 1. The molecule has 0 aliphatic carbocycles. The molecule has 0 spiro atoms. The average Bonchev–Trinajstić information content (AvgIpc) is 2.49. The van der Waals surface area contributed by atoms with E-state index in [4.69, 9.17) is 4.74 Å².